The van der Waals surface area contributed by atoms with Crippen molar-refractivity contribution in [2.24, 2.45) is 0 Å². The molecule has 1 saturated heterocycles. The third kappa shape index (κ3) is 10.1. The minimum absolute atomic E-state index is 0.0564. The molecule has 5 nitrogen and oxygen atoms in total. The van der Waals surface area contributed by atoms with Gasteiger partial charge in [0.05, 0.1) is 6.10 Å². The van der Waals surface area contributed by atoms with Crippen molar-refractivity contribution in [3.05, 3.63) is 0 Å². The highest BCUT2D eigenvalue weighted by molar-refractivity contribution is 5.74. The van der Waals surface area contributed by atoms with Crippen LogP contribution in [0.2, 0.25) is 0 Å². The molecular formula is C19H38N2O3. The van der Waals surface area contributed by atoms with Crippen molar-refractivity contribution < 1.29 is 14.3 Å². The van der Waals surface area contributed by atoms with E-state index in [9.17, 15) is 4.79 Å². The van der Waals surface area contributed by atoms with Gasteiger partial charge in [-0.15, -0.1) is 0 Å². The average molecular weight is 343 g/mol. The molecule has 0 aliphatic carbocycles. The lowest BCUT2D eigenvalue weighted by atomic mass is 10.1. The molecule has 2 amide bonds. The Balaban J connectivity index is 1.88. The standard InChI is InChI=1S/C19H38N2O3/c1-3-5-6-7-8-9-16-23-17-10-13-20-19(22)21-14-11-18(12-15-21)24-4-2/h18H,3-17H2,1-2H3,(H,20,22). The number of urea groups is 1. The first-order chi connectivity index (χ1) is 11.8. The minimum atomic E-state index is 0.0564. The van der Waals surface area contributed by atoms with E-state index in [4.69, 9.17) is 9.47 Å². The summed E-state index contributed by atoms with van der Waals surface area (Å²) in [5.74, 6) is 0. The lowest BCUT2D eigenvalue weighted by Crippen LogP contribution is -2.46. The van der Waals surface area contributed by atoms with Crippen LogP contribution in [0.3, 0.4) is 0 Å². The number of likely N-dealkylation sites (tertiary alicyclic amines) is 1. The van der Waals surface area contributed by atoms with Gasteiger partial charge in [-0.1, -0.05) is 39.0 Å². The molecule has 1 fully saturated rings. The van der Waals surface area contributed by atoms with Crippen LogP contribution in [-0.2, 0) is 9.47 Å². The zero-order chi connectivity index (χ0) is 17.5. The second-order valence-electron chi connectivity index (χ2n) is 6.61. The van der Waals surface area contributed by atoms with Crippen molar-refractivity contribution in [3.63, 3.8) is 0 Å². The highest BCUT2D eigenvalue weighted by Crippen LogP contribution is 2.13. The SMILES string of the molecule is CCCCCCCCOCCCNC(=O)N1CCC(OCC)CC1. The molecule has 1 aliphatic heterocycles. The summed E-state index contributed by atoms with van der Waals surface area (Å²) in [4.78, 5) is 14.0. The van der Waals surface area contributed by atoms with Gasteiger partial charge >= 0.3 is 6.03 Å². The number of hydrogen-bond donors (Lipinski definition) is 1. The van der Waals surface area contributed by atoms with Crippen LogP contribution in [0.25, 0.3) is 0 Å². The van der Waals surface area contributed by atoms with Gasteiger partial charge in [-0.3, -0.25) is 0 Å². The second kappa shape index (κ2) is 14.5. The fourth-order valence-corrected chi connectivity index (χ4v) is 3.03. The van der Waals surface area contributed by atoms with Gasteiger partial charge in [-0.05, 0) is 32.6 Å². The minimum Gasteiger partial charge on any atom is -0.381 e. The van der Waals surface area contributed by atoms with Gasteiger partial charge in [0, 0.05) is 39.5 Å². The third-order valence-electron chi connectivity index (χ3n) is 4.52. The van der Waals surface area contributed by atoms with Gasteiger partial charge in [0.15, 0.2) is 0 Å². The van der Waals surface area contributed by atoms with E-state index in [0.29, 0.717) is 12.6 Å². The number of hydrogen-bond acceptors (Lipinski definition) is 3. The summed E-state index contributed by atoms with van der Waals surface area (Å²) in [6, 6.07) is 0.0564. The zero-order valence-corrected chi connectivity index (χ0v) is 15.9. The molecule has 24 heavy (non-hydrogen) atoms. The van der Waals surface area contributed by atoms with Gasteiger partial charge in [0.1, 0.15) is 0 Å². The summed E-state index contributed by atoms with van der Waals surface area (Å²) in [5.41, 5.74) is 0. The number of carbonyl (C=O) groups is 1. The van der Waals surface area contributed by atoms with Crippen molar-refractivity contribution in [2.75, 3.05) is 39.5 Å². The first-order valence-corrected chi connectivity index (χ1v) is 10.00. The van der Waals surface area contributed by atoms with Crippen molar-refractivity contribution in [2.45, 2.75) is 77.7 Å². The predicted molar refractivity (Wildman–Crippen MR) is 98.4 cm³/mol. The fraction of sp³-hybridized carbons (Fsp3) is 0.947. The van der Waals surface area contributed by atoms with Crippen LogP contribution in [0.1, 0.15) is 71.6 Å². The number of unbranched alkanes of at least 4 members (excludes halogenated alkanes) is 5. The summed E-state index contributed by atoms with van der Waals surface area (Å²) in [7, 11) is 0. The maximum atomic E-state index is 12.1. The summed E-state index contributed by atoms with van der Waals surface area (Å²) in [6.45, 7) is 8.90. The van der Waals surface area contributed by atoms with E-state index >= 15 is 0 Å². The molecule has 142 valence electrons. The Kier molecular flexibility index (Phi) is 12.9. The van der Waals surface area contributed by atoms with Crippen LogP contribution >= 0.6 is 0 Å². The molecule has 0 saturated carbocycles. The smallest absolute Gasteiger partial charge is 0.317 e. The van der Waals surface area contributed by atoms with Crippen molar-refractivity contribution in [1.82, 2.24) is 10.2 Å². The molecule has 0 bridgehead atoms. The van der Waals surface area contributed by atoms with E-state index in [1.807, 2.05) is 11.8 Å². The van der Waals surface area contributed by atoms with Crippen LogP contribution in [0.15, 0.2) is 0 Å². The Morgan fingerprint density at radius 1 is 1.00 bits per heavy atom. The van der Waals surface area contributed by atoms with Crippen molar-refractivity contribution in [3.8, 4) is 0 Å². The van der Waals surface area contributed by atoms with E-state index in [1.54, 1.807) is 0 Å². The number of nitrogens with one attached hydrogen (secondary N) is 1. The largest absolute Gasteiger partial charge is 0.381 e. The van der Waals surface area contributed by atoms with Crippen LogP contribution in [0.4, 0.5) is 4.79 Å². The highest BCUT2D eigenvalue weighted by atomic mass is 16.5. The lowest BCUT2D eigenvalue weighted by molar-refractivity contribution is 0.0220. The number of carbonyl (C=O) groups excluding carboxylic acids is 1. The van der Waals surface area contributed by atoms with E-state index < -0.39 is 0 Å². The molecular weight excluding hydrogens is 304 g/mol. The molecule has 0 aromatic carbocycles. The number of rotatable bonds is 13. The van der Waals surface area contributed by atoms with Gasteiger partial charge in [-0.25, -0.2) is 4.79 Å². The molecule has 1 aliphatic rings. The van der Waals surface area contributed by atoms with E-state index in [2.05, 4.69) is 12.2 Å². The van der Waals surface area contributed by atoms with Gasteiger partial charge in [-0.2, -0.15) is 0 Å². The maximum absolute atomic E-state index is 12.1. The van der Waals surface area contributed by atoms with E-state index in [0.717, 1.165) is 58.6 Å². The molecule has 0 spiro atoms. The molecule has 0 radical (unpaired) electrons. The summed E-state index contributed by atoms with van der Waals surface area (Å²) >= 11 is 0. The van der Waals surface area contributed by atoms with E-state index in [-0.39, 0.29) is 6.03 Å². The Morgan fingerprint density at radius 3 is 2.38 bits per heavy atom. The molecule has 0 aromatic rings. The van der Waals surface area contributed by atoms with Gasteiger partial charge in [0.2, 0.25) is 0 Å². The number of piperidine rings is 1. The second-order valence-corrected chi connectivity index (χ2v) is 6.61. The Hall–Kier alpha value is -0.810. The van der Waals surface area contributed by atoms with Crippen LogP contribution in [-0.4, -0.2) is 56.5 Å². The summed E-state index contributed by atoms with van der Waals surface area (Å²) in [5, 5.41) is 2.99. The monoisotopic (exact) mass is 342 g/mol. The quantitative estimate of drug-likeness (QED) is 0.515. The predicted octanol–water partition coefficient (Wildman–Crippen LogP) is 3.96. The molecule has 0 atom stereocenters. The molecule has 1 N–H and O–H groups in total. The van der Waals surface area contributed by atoms with E-state index in [1.165, 1.54) is 32.1 Å². The first kappa shape index (κ1) is 21.2. The number of ether oxygens (including phenoxy) is 2. The molecule has 0 aromatic heterocycles. The molecule has 1 rings (SSSR count). The fourth-order valence-electron chi connectivity index (χ4n) is 3.03. The first-order valence-electron chi connectivity index (χ1n) is 10.00. The average Bonchev–Trinajstić information content (AvgIpc) is 2.60. The molecule has 5 heteroatoms. The lowest BCUT2D eigenvalue weighted by Gasteiger charge is -2.31. The summed E-state index contributed by atoms with van der Waals surface area (Å²) < 4.78 is 11.2. The van der Waals surface area contributed by atoms with Gasteiger partial charge in [0.25, 0.3) is 0 Å². The highest BCUT2D eigenvalue weighted by Gasteiger charge is 2.22. The Bertz CT molecular complexity index is 305. The Morgan fingerprint density at radius 2 is 1.67 bits per heavy atom. The number of amides is 2. The molecule has 0 unspecified atom stereocenters. The third-order valence-corrected chi connectivity index (χ3v) is 4.52. The van der Waals surface area contributed by atoms with Crippen molar-refractivity contribution >= 4 is 6.03 Å². The van der Waals surface area contributed by atoms with Crippen LogP contribution in [0, 0.1) is 0 Å². The van der Waals surface area contributed by atoms with Crippen LogP contribution in [0.5, 0.6) is 0 Å². The Labute approximate surface area is 148 Å². The molecule has 1 heterocycles. The normalized spacial score (nSPS) is 15.7. The zero-order valence-electron chi connectivity index (χ0n) is 15.9. The van der Waals surface area contributed by atoms with Gasteiger partial charge < -0.3 is 19.7 Å². The van der Waals surface area contributed by atoms with Crippen LogP contribution < -0.4 is 5.32 Å². The summed E-state index contributed by atoms with van der Waals surface area (Å²) in [6.07, 6.45) is 10.9. The maximum Gasteiger partial charge on any atom is 0.317 e. The topological polar surface area (TPSA) is 50.8 Å². The van der Waals surface area contributed by atoms with Crippen molar-refractivity contribution in [1.29, 1.82) is 0 Å². The number of nitrogens with zero attached hydrogens (tertiary/aromatic N) is 1.